The number of carboxylic acids is 2. The number of carbonyl (C=O) groups is 2. The maximum Gasteiger partial charge on any atom is 0.490 e. The quantitative estimate of drug-likeness (QED) is 0.454. The van der Waals surface area contributed by atoms with E-state index in [2.05, 4.69) is 0 Å². The van der Waals surface area contributed by atoms with Gasteiger partial charge in [-0.1, -0.05) is 0 Å². The number of halogens is 3. The maximum atomic E-state index is 12.3. The Morgan fingerprint density at radius 1 is 1.11 bits per heavy atom. The lowest BCUT2D eigenvalue weighted by Gasteiger charge is -2.25. The lowest BCUT2D eigenvalue weighted by molar-refractivity contribution is -0.192. The highest BCUT2D eigenvalue weighted by atomic mass is 31.2. The number of phosphoric acid groups is 1. The summed E-state index contributed by atoms with van der Waals surface area (Å²) in [6.07, 6.45) is -4.49. The average Bonchev–Trinajstić information content (AvgIpc) is 2.45. The van der Waals surface area contributed by atoms with Crippen LogP contribution >= 0.6 is 7.82 Å². The molecule has 162 valence electrons. The van der Waals surface area contributed by atoms with Gasteiger partial charge in [0.1, 0.15) is 0 Å². The van der Waals surface area contributed by atoms with Gasteiger partial charge in [0.05, 0.1) is 19.3 Å². The van der Waals surface area contributed by atoms with Gasteiger partial charge in [-0.3, -0.25) is 18.4 Å². The zero-order valence-electron chi connectivity index (χ0n) is 15.7. The summed E-state index contributed by atoms with van der Waals surface area (Å²) in [5.74, 6) is -3.61. The molecule has 1 unspecified atom stereocenters. The summed E-state index contributed by atoms with van der Waals surface area (Å²) in [6, 6.07) is 0. The van der Waals surface area contributed by atoms with E-state index >= 15 is 0 Å². The molecule has 1 atom stereocenters. The Kier molecular flexibility index (Phi) is 14.4. The van der Waals surface area contributed by atoms with Gasteiger partial charge in [-0.15, -0.1) is 0 Å². The Morgan fingerprint density at radius 2 is 1.56 bits per heavy atom. The van der Waals surface area contributed by atoms with E-state index in [-0.39, 0.29) is 19.6 Å². The molecular weight excluding hydrogens is 398 g/mol. The van der Waals surface area contributed by atoms with Crippen molar-refractivity contribution in [3.05, 3.63) is 0 Å². The highest BCUT2D eigenvalue weighted by Crippen LogP contribution is 2.50. The molecule has 13 heteroatoms. The summed E-state index contributed by atoms with van der Waals surface area (Å²) in [5.41, 5.74) is 0. The fourth-order valence-electron chi connectivity index (χ4n) is 1.66. The van der Waals surface area contributed by atoms with Crippen molar-refractivity contribution < 1.29 is 51.1 Å². The fraction of sp³-hybridized carbons (Fsp3) is 0.857. The number of hydrogen-bond donors (Lipinski definition) is 2. The lowest BCUT2D eigenvalue weighted by atomic mass is 10.1. The minimum Gasteiger partial charge on any atom is -0.481 e. The number of rotatable bonds is 12. The molecule has 0 heterocycles. The van der Waals surface area contributed by atoms with Crippen molar-refractivity contribution in [2.24, 2.45) is 0 Å². The van der Waals surface area contributed by atoms with Gasteiger partial charge in [-0.2, -0.15) is 13.2 Å². The molecule has 9 nitrogen and oxygen atoms in total. The molecule has 0 aromatic heterocycles. The van der Waals surface area contributed by atoms with E-state index in [1.54, 1.807) is 13.8 Å². The Bertz CT molecular complexity index is 477. The van der Waals surface area contributed by atoms with Crippen LogP contribution in [0.25, 0.3) is 0 Å². The predicted octanol–water partition coefficient (Wildman–Crippen LogP) is 3.00. The molecule has 0 rings (SSSR count). The molecule has 0 aliphatic heterocycles. The number of aliphatic carboxylic acids is 2. The van der Waals surface area contributed by atoms with Gasteiger partial charge < -0.3 is 15.1 Å². The fourth-order valence-corrected chi connectivity index (χ4v) is 3.03. The van der Waals surface area contributed by atoms with E-state index in [9.17, 15) is 22.5 Å². The number of likely N-dealkylation sites (N-methyl/N-ethyl adjacent to an activating group) is 1. The molecule has 0 aromatic carbocycles. The summed E-state index contributed by atoms with van der Waals surface area (Å²) in [5, 5.41) is 15.8. The average molecular weight is 425 g/mol. The SMILES string of the molecule is CCOP(=O)(OCC)OC(CCCC(=O)O)CN(C)C.O=C(O)C(F)(F)F. The zero-order chi connectivity index (χ0) is 21.7. The molecule has 2 N–H and O–H groups in total. The molecule has 0 fully saturated rings. The molecule has 0 saturated heterocycles. The normalized spacial score (nSPS) is 13.0. The number of carboxylic acid groups (broad SMARTS) is 2. The molecule has 0 aromatic rings. The van der Waals surface area contributed by atoms with Gasteiger partial charge in [-0.25, -0.2) is 9.36 Å². The van der Waals surface area contributed by atoms with Gasteiger partial charge in [0.15, 0.2) is 0 Å². The van der Waals surface area contributed by atoms with Crippen LogP contribution in [-0.2, 0) is 27.7 Å². The molecule has 0 aliphatic carbocycles. The third kappa shape index (κ3) is 16.7. The van der Waals surface area contributed by atoms with E-state index in [0.29, 0.717) is 19.4 Å². The van der Waals surface area contributed by atoms with Crippen LogP contribution in [0.4, 0.5) is 13.2 Å². The van der Waals surface area contributed by atoms with Crippen LogP contribution < -0.4 is 0 Å². The molecule has 0 aliphatic rings. The Hall–Kier alpha value is -1.20. The van der Waals surface area contributed by atoms with Crippen molar-refractivity contribution in [3.63, 3.8) is 0 Å². The first-order chi connectivity index (χ1) is 12.3. The molecule has 0 bridgehead atoms. The van der Waals surface area contributed by atoms with Crippen LogP contribution in [0, 0.1) is 0 Å². The molecular formula is C14H27F3NO8P. The molecule has 27 heavy (non-hydrogen) atoms. The van der Waals surface area contributed by atoms with Crippen LogP contribution in [0.2, 0.25) is 0 Å². The standard InChI is InChI=1S/C12H26NO6P.C2HF3O2/c1-5-17-20(16,18-6-2)19-11(10-13(3)4)8-7-9-12(14)15;3-2(4,5)1(6)7/h11H,5-10H2,1-4H3,(H,14,15);(H,6,7). The smallest absolute Gasteiger partial charge is 0.481 e. The lowest BCUT2D eigenvalue weighted by Crippen LogP contribution is -2.28. The molecule has 0 radical (unpaired) electrons. The number of nitrogens with zero attached hydrogens (tertiary/aromatic N) is 1. The van der Waals surface area contributed by atoms with E-state index in [1.165, 1.54) is 0 Å². The highest BCUT2D eigenvalue weighted by molar-refractivity contribution is 7.48. The first-order valence-electron chi connectivity index (χ1n) is 8.01. The topological polar surface area (TPSA) is 123 Å². The highest BCUT2D eigenvalue weighted by Gasteiger charge is 2.38. The maximum absolute atomic E-state index is 12.3. The van der Waals surface area contributed by atoms with Crippen LogP contribution in [0.15, 0.2) is 0 Å². The van der Waals surface area contributed by atoms with Gasteiger partial charge in [-0.05, 0) is 40.8 Å². The summed E-state index contributed by atoms with van der Waals surface area (Å²) in [6.45, 7) is 4.38. The first-order valence-corrected chi connectivity index (χ1v) is 9.47. The van der Waals surface area contributed by atoms with Crippen LogP contribution in [0.1, 0.15) is 33.1 Å². The Labute approximate surface area is 156 Å². The van der Waals surface area contributed by atoms with Crippen molar-refractivity contribution in [3.8, 4) is 0 Å². The number of alkyl halides is 3. The van der Waals surface area contributed by atoms with E-state index in [4.69, 9.17) is 28.6 Å². The Balaban J connectivity index is 0. The van der Waals surface area contributed by atoms with Crippen molar-refractivity contribution in [1.82, 2.24) is 4.90 Å². The van der Waals surface area contributed by atoms with Gasteiger partial charge >= 0.3 is 25.9 Å². The minimum absolute atomic E-state index is 0.0564. The summed E-state index contributed by atoms with van der Waals surface area (Å²) in [7, 11) is 0.152. The van der Waals surface area contributed by atoms with Crippen molar-refractivity contribution in [1.29, 1.82) is 0 Å². The molecule has 0 saturated carbocycles. The van der Waals surface area contributed by atoms with Crippen molar-refractivity contribution >= 4 is 19.8 Å². The second-order valence-corrected chi connectivity index (χ2v) is 6.98. The molecule has 0 amide bonds. The Morgan fingerprint density at radius 3 is 1.85 bits per heavy atom. The largest absolute Gasteiger partial charge is 0.490 e. The second kappa shape index (κ2) is 13.9. The first kappa shape index (κ1) is 28.0. The van der Waals surface area contributed by atoms with E-state index < -0.39 is 32.0 Å². The number of hydrogen-bond acceptors (Lipinski definition) is 7. The van der Waals surface area contributed by atoms with Crippen molar-refractivity contribution in [2.75, 3.05) is 33.9 Å². The van der Waals surface area contributed by atoms with Crippen LogP contribution in [-0.4, -0.2) is 73.2 Å². The summed E-state index contributed by atoms with van der Waals surface area (Å²) in [4.78, 5) is 21.3. The minimum atomic E-state index is -5.08. The van der Waals surface area contributed by atoms with Crippen molar-refractivity contribution in [2.45, 2.75) is 45.4 Å². The van der Waals surface area contributed by atoms with Gasteiger partial charge in [0, 0.05) is 13.0 Å². The van der Waals surface area contributed by atoms with Crippen LogP contribution in [0.3, 0.4) is 0 Å². The monoisotopic (exact) mass is 425 g/mol. The predicted molar refractivity (Wildman–Crippen MR) is 89.5 cm³/mol. The second-order valence-electron chi connectivity index (χ2n) is 5.36. The van der Waals surface area contributed by atoms with Gasteiger partial charge in [0.25, 0.3) is 0 Å². The van der Waals surface area contributed by atoms with E-state index in [1.807, 2.05) is 19.0 Å². The summed E-state index contributed by atoms with van der Waals surface area (Å²) < 4.78 is 59.7. The third-order valence-corrected chi connectivity index (χ3v) is 4.29. The van der Waals surface area contributed by atoms with Gasteiger partial charge in [0.2, 0.25) is 0 Å². The summed E-state index contributed by atoms with van der Waals surface area (Å²) >= 11 is 0. The van der Waals surface area contributed by atoms with E-state index in [0.717, 1.165) is 0 Å². The third-order valence-electron chi connectivity index (χ3n) is 2.58. The van der Waals surface area contributed by atoms with Crippen LogP contribution in [0.5, 0.6) is 0 Å². The zero-order valence-corrected chi connectivity index (χ0v) is 16.6. The number of phosphoric ester groups is 1. The molecule has 0 spiro atoms.